The van der Waals surface area contributed by atoms with Gasteiger partial charge in [-0.15, -0.1) is 0 Å². The van der Waals surface area contributed by atoms with Crippen molar-refractivity contribution in [3.63, 3.8) is 0 Å². The van der Waals surface area contributed by atoms with Crippen molar-refractivity contribution in [1.82, 2.24) is 5.16 Å². The van der Waals surface area contributed by atoms with E-state index in [2.05, 4.69) is 10.5 Å². The quantitative estimate of drug-likeness (QED) is 0.914. The molecule has 5 heteroatoms. The Kier molecular flexibility index (Phi) is 3.62. The average molecular weight is 255 g/mol. The van der Waals surface area contributed by atoms with Gasteiger partial charge in [-0.25, -0.2) is 0 Å². The third kappa shape index (κ3) is 2.63. The van der Waals surface area contributed by atoms with Gasteiger partial charge < -0.3 is 4.52 Å². The predicted molar refractivity (Wildman–Crippen MR) is 69.4 cm³/mol. The van der Waals surface area contributed by atoms with Gasteiger partial charge in [0.2, 0.25) is 11.8 Å². The Morgan fingerprint density at radius 3 is 2.58 bits per heavy atom. The monoisotopic (exact) mass is 255 g/mol. The molecule has 0 radical (unpaired) electrons. The van der Waals surface area contributed by atoms with Crippen LogP contribution in [-0.2, 0) is 4.79 Å². The molecule has 0 bridgehead atoms. The molecule has 1 N–H and O–H groups in total. The maximum Gasteiger partial charge on any atom is 0.248 e. The fourth-order valence-electron chi connectivity index (χ4n) is 1.65. The van der Waals surface area contributed by atoms with Crippen molar-refractivity contribution < 1.29 is 9.32 Å². The summed E-state index contributed by atoms with van der Waals surface area (Å²) in [5.41, 5.74) is 2.12. The van der Waals surface area contributed by atoms with Crippen molar-refractivity contribution in [3.8, 4) is 6.07 Å². The van der Waals surface area contributed by atoms with Gasteiger partial charge in [0, 0.05) is 5.56 Å². The summed E-state index contributed by atoms with van der Waals surface area (Å²) in [5, 5.41) is 15.5. The molecule has 1 aromatic carbocycles. The van der Waals surface area contributed by atoms with Crippen molar-refractivity contribution in [2.45, 2.75) is 19.8 Å². The van der Waals surface area contributed by atoms with E-state index in [9.17, 15) is 4.79 Å². The van der Waals surface area contributed by atoms with E-state index in [4.69, 9.17) is 9.78 Å². The van der Waals surface area contributed by atoms with E-state index in [1.807, 2.05) is 12.1 Å². The van der Waals surface area contributed by atoms with E-state index in [-0.39, 0.29) is 0 Å². The first kappa shape index (κ1) is 12.8. The van der Waals surface area contributed by atoms with Crippen molar-refractivity contribution in [3.05, 3.63) is 47.2 Å². The molecule has 1 aromatic heterocycles. The van der Waals surface area contributed by atoms with E-state index in [1.165, 1.54) is 0 Å². The van der Waals surface area contributed by atoms with Crippen LogP contribution >= 0.6 is 0 Å². The Morgan fingerprint density at radius 2 is 2.05 bits per heavy atom. The smallest absolute Gasteiger partial charge is 0.248 e. The fourth-order valence-corrected chi connectivity index (χ4v) is 1.65. The van der Waals surface area contributed by atoms with Gasteiger partial charge in [-0.05, 0) is 19.4 Å². The molecule has 0 aliphatic heterocycles. The highest BCUT2D eigenvalue weighted by Crippen LogP contribution is 2.21. The molecular weight excluding hydrogens is 242 g/mol. The first-order valence-corrected chi connectivity index (χ1v) is 5.81. The van der Waals surface area contributed by atoms with Crippen molar-refractivity contribution in [2.75, 3.05) is 5.32 Å². The minimum atomic E-state index is -0.869. The maximum atomic E-state index is 12.1. The minimum absolute atomic E-state index is 0.290. The highest BCUT2D eigenvalue weighted by molar-refractivity contribution is 5.97. The van der Waals surface area contributed by atoms with Crippen LogP contribution in [-0.4, -0.2) is 11.1 Å². The SMILES string of the molecule is Cc1noc(NC(=O)C(C#N)c2ccccc2)c1C. The molecule has 0 fully saturated rings. The number of nitrogens with zero attached hydrogens (tertiary/aromatic N) is 2. The summed E-state index contributed by atoms with van der Waals surface area (Å²) in [4.78, 5) is 12.1. The van der Waals surface area contributed by atoms with E-state index in [0.29, 0.717) is 17.1 Å². The van der Waals surface area contributed by atoms with E-state index < -0.39 is 11.8 Å². The number of aryl methyl sites for hydroxylation is 1. The number of anilines is 1. The molecule has 0 aliphatic rings. The zero-order valence-corrected chi connectivity index (χ0v) is 10.7. The summed E-state index contributed by atoms with van der Waals surface area (Å²) in [6.45, 7) is 3.58. The second kappa shape index (κ2) is 5.36. The summed E-state index contributed by atoms with van der Waals surface area (Å²) in [6, 6.07) is 10.9. The molecule has 1 heterocycles. The van der Waals surface area contributed by atoms with Crippen LogP contribution in [0.3, 0.4) is 0 Å². The number of rotatable bonds is 3. The van der Waals surface area contributed by atoms with Gasteiger partial charge in [-0.2, -0.15) is 5.26 Å². The second-order valence-electron chi connectivity index (χ2n) is 4.18. The number of hydrogen-bond donors (Lipinski definition) is 1. The Hall–Kier alpha value is -2.61. The summed E-state index contributed by atoms with van der Waals surface area (Å²) in [5.74, 6) is -1.00. The molecular formula is C14H13N3O2. The number of nitriles is 1. The first-order chi connectivity index (χ1) is 9.13. The molecule has 1 atom stereocenters. The lowest BCUT2D eigenvalue weighted by atomic mass is 10.00. The summed E-state index contributed by atoms with van der Waals surface area (Å²) in [6.07, 6.45) is 0. The molecule has 5 nitrogen and oxygen atoms in total. The zero-order chi connectivity index (χ0) is 13.8. The zero-order valence-electron chi connectivity index (χ0n) is 10.7. The number of amides is 1. The molecule has 0 saturated heterocycles. The van der Waals surface area contributed by atoms with Gasteiger partial charge in [0.05, 0.1) is 11.8 Å². The van der Waals surface area contributed by atoms with Crippen molar-refractivity contribution in [1.29, 1.82) is 5.26 Å². The third-order valence-electron chi connectivity index (χ3n) is 2.92. The van der Waals surface area contributed by atoms with Gasteiger partial charge in [0.1, 0.15) is 0 Å². The Morgan fingerprint density at radius 1 is 1.37 bits per heavy atom. The summed E-state index contributed by atoms with van der Waals surface area (Å²) in [7, 11) is 0. The number of nitrogens with one attached hydrogen (secondary N) is 1. The van der Waals surface area contributed by atoms with Crippen LogP contribution in [0.4, 0.5) is 5.88 Å². The second-order valence-corrected chi connectivity index (χ2v) is 4.18. The topological polar surface area (TPSA) is 78.9 Å². The number of carbonyl (C=O) groups excluding carboxylic acids is 1. The van der Waals surface area contributed by atoms with E-state index >= 15 is 0 Å². The normalized spacial score (nSPS) is 11.6. The molecule has 0 spiro atoms. The van der Waals surface area contributed by atoms with Crippen LogP contribution in [0.2, 0.25) is 0 Å². The molecule has 0 saturated carbocycles. The summed E-state index contributed by atoms with van der Waals surface area (Å²) < 4.78 is 5.00. The van der Waals surface area contributed by atoms with E-state index in [0.717, 1.165) is 5.56 Å². The highest BCUT2D eigenvalue weighted by Gasteiger charge is 2.22. The molecule has 2 aromatic rings. The fraction of sp³-hybridized carbons (Fsp3) is 0.214. The highest BCUT2D eigenvalue weighted by atomic mass is 16.5. The maximum absolute atomic E-state index is 12.1. The van der Waals surface area contributed by atoms with Gasteiger partial charge >= 0.3 is 0 Å². The van der Waals surface area contributed by atoms with Crippen LogP contribution in [0.15, 0.2) is 34.9 Å². The van der Waals surface area contributed by atoms with Crippen LogP contribution in [0.25, 0.3) is 0 Å². The summed E-state index contributed by atoms with van der Waals surface area (Å²) >= 11 is 0. The van der Waals surface area contributed by atoms with Crippen LogP contribution in [0, 0.1) is 25.2 Å². The van der Waals surface area contributed by atoms with Crippen LogP contribution in [0.5, 0.6) is 0 Å². The number of carbonyl (C=O) groups is 1. The van der Waals surface area contributed by atoms with Crippen LogP contribution in [0.1, 0.15) is 22.7 Å². The average Bonchev–Trinajstić information content (AvgIpc) is 2.73. The lowest BCUT2D eigenvalue weighted by Gasteiger charge is -2.08. The van der Waals surface area contributed by atoms with Gasteiger partial charge in [-0.3, -0.25) is 10.1 Å². The molecule has 19 heavy (non-hydrogen) atoms. The number of benzene rings is 1. The minimum Gasteiger partial charge on any atom is -0.338 e. The van der Waals surface area contributed by atoms with Crippen molar-refractivity contribution >= 4 is 11.8 Å². The molecule has 2 rings (SSSR count). The van der Waals surface area contributed by atoms with Crippen molar-refractivity contribution in [2.24, 2.45) is 0 Å². The largest absolute Gasteiger partial charge is 0.338 e. The third-order valence-corrected chi connectivity index (χ3v) is 2.92. The molecule has 1 amide bonds. The predicted octanol–water partition coefficient (Wildman–Crippen LogP) is 2.54. The Balaban J connectivity index is 2.19. The molecule has 0 aliphatic carbocycles. The lowest BCUT2D eigenvalue weighted by molar-refractivity contribution is -0.116. The molecule has 1 unspecified atom stereocenters. The Bertz CT molecular complexity index is 626. The van der Waals surface area contributed by atoms with Gasteiger partial charge in [-0.1, -0.05) is 35.5 Å². The molecule has 96 valence electrons. The number of aromatic nitrogens is 1. The Labute approximate surface area is 110 Å². The number of hydrogen-bond acceptors (Lipinski definition) is 4. The van der Waals surface area contributed by atoms with Crippen LogP contribution < -0.4 is 5.32 Å². The first-order valence-electron chi connectivity index (χ1n) is 5.81. The lowest BCUT2D eigenvalue weighted by Crippen LogP contribution is -2.20. The van der Waals surface area contributed by atoms with Gasteiger partial charge in [0.25, 0.3) is 0 Å². The standard InChI is InChI=1S/C14H13N3O2/c1-9-10(2)17-19-14(9)16-13(18)12(8-15)11-6-4-3-5-7-11/h3-7,12H,1-2H3,(H,16,18). The van der Waals surface area contributed by atoms with Gasteiger partial charge in [0.15, 0.2) is 5.92 Å². The van der Waals surface area contributed by atoms with E-state index in [1.54, 1.807) is 38.1 Å².